The highest BCUT2D eigenvalue weighted by Crippen LogP contribution is 2.37. The molecule has 0 aliphatic carbocycles. The molecule has 0 saturated carbocycles. The van der Waals surface area contributed by atoms with Crippen molar-refractivity contribution in [1.29, 1.82) is 0 Å². The van der Waals surface area contributed by atoms with Crippen LogP contribution in [0, 0.1) is 5.82 Å². The second kappa shape index (κ2) is 10.5. The number of rotatable bonds is 9. The summed E-state index contributed by atoms with van der Waals surface area (Å²) in [4.78, 5) is 26.1. The first-order valence-electron chi connectivity index (χ1n) is 11.5. The highest BCUT2D eigenvalue weighted by Gasteiger charge is 2.35. The van der Waals surface area contributed by atoms with E-state index in [1.807, 2.05) is 31.2 Å². The zero-order chi connectivity index (χ0) is 25.0. The van der Waals surface area contributed by atoms with Gasteiger partial charge in [0, 0.05) is 36.5 Å². The molecule has 0 bridgehead atoms. The lowest BCUT2D eigenvalue weighted by Gasteiger charge is -2.24. The summed E-state index contributed by atoms with van der Waals surface area (Å²) in [5.41, 5.74) is 2.86. The Bertz CT molecular complexity index is 1230. The molecule has 182 valence electrons. The van der Waals surface area contributed by atoms with Crippen LogP contribution in [-0.2, 0) is 24.1 Å². The minimum atomic E-state index is -0.954. The molecule has 0 spiro atoms. The Morgan fingerprint density at radius 1 is 1.06 bits per heavy atom. The molecule has 0 fully saturated rings. The van der Waals surface area contributed by atoms with Gasteiger partial charge in [0.1, 0.15) is 17.2 Å². The lowest BCUT2D eigenvalue weighted by molar-refractivity contribution is -0.137. The van der Waals surface area contributed by atoms with Crippen molar-refractivity contribution in [1.82, 2.24) is 4.90 Å². The molecule has 1 N–H and O–H groups in total. The molecule has 35 heavy (non-hydrogen) atoms. The second-order valence-electron chi connectivity index (χ2n) is 9.17. The second-order valence-corrected chi connectivity index (χ2v) is 9.61. The van der Waals surface area contributed by atoms with E-state index in [0.29, 0.717) is 36.4 Å². The standard InChI is InChI=1S/C28H27ClFNO4/c1-28(17-20-5-8-24(30)9-6-20)18-22-16-21(7-10-25(22)35-28)27(34)31(14-12-26(32)33)13-11-19-3-2-4-23(29)15-19/h2-10,15-16H,11-14,17-18H2,1H3,(H,32,33)/t28-/m1/s1. The SMILES string of the molecule is C[C@@]1(Cc2ccc(F)cc2)Cc2cc(C(=O)N(CCC(=O)O)CCc3cccc(Cl)c3)ccc2O1. The van der Waals surface area contributed by atoms with E-state index >= 15 is 0 Å². The molecule has 4 rings (SSSR count). The third kappa shape index (κ3) is 6.40. The number of halogens is 2. The Morgan fingerprint density at radius 3 is 2.54 bits per heavy atom. The molecule has 1 aliphatic heterocycles. The maximum atomic E-state index is 13.4. The summed E-state index contributed by atoms with van der Waals surface area (Å²) in [6.45, 7) is 2.49. The molecule has 3 aromatic rings. The van der Waals surface area contributed by atoms with Gasteiger partial charge in [-0.3, -0.25) is 9.59 Å². The number of carbonyl (C=O) groups excluding carboxylic acids is 1. The fraction of sp³-hybridized carbons (Fsp3) is 0.286. The molecule has 1 atom stereocenters. The third-order valence-corrected chi connectivity index (χ3v) is 6.40. The highest BCUT2D eigenvalue weighted by molar-refractivity contribution is 6.30. The number of hydrogen-bond acceptors (Lipinski definition) is 3. The Balaban J connectivity index is 1.48. The van der Waals surface area contributed by atoms with Crippen molar-refractivity contribution in [2.45, 2.75) is 38.2 Å². The Morgan fingerprint density at radius 2 is 1.83 bits per heavy atom. The van der Waals surface area contributed by atoms with Crippen LogP contribution in [0.4, 0.5) is 4.39 Å². The van der Waals surface area contributed by atoms with Gasteiger partial charge in [-0.2, -0.15) is 0 Å². The van der Waals surface area contributed by atoms with E-state index in [1.165, 1.54) is 12.1 Å². The number of benzene rings is 3. The van der Waals surface area contributed by atoms with Crippen LogP contribution in [-0.4, -0.2) is 40.6 Å². The van der Waals surface area contributed by atoms with E-state index < -0.39 is 11.6 Å². The van der Waals surface area contributed by atoms with Crippen LogP contribution in [0.5, 0.6) is 5.75 Å². The fourth-order valence-electron chi connectivity index (χ4n) is 4.47. The topological polar surface area (TPSA) is 66.8 Å². The number of nitrogens with zero attached hydrogens (tertiary/aromatic N) is 1. The van der Waals surface area contributed by atoms with E-state index in [4.69, 9.17) is 21.4 Å². The van der Waals surface area contributed by atoms with Gasteiger partial charge in [0.05, 0.1) is 6.42 Å². The number of amides is 1. The number of fused-ring (bicyclic) bond motifs is 1. The maximum absolute atomic E-state index is 13.4. The number of carboxylic acids is 1. The van der Waals surface area contributed by atoms with Crippen molar-refractivity contribution in [2.75, 3.05) is 13.1 Å². The lowest BCUT2D eigenvalue weighted by Crippen LogP contribution is -2.35. The van der Waals surface area contributed by atoms with E-state index in [1.54, 1.807) is 35.2 Å². The highest BCUT2D eigenvalue weighted by atomic mass is 35.5. The minimum Gasteiger partial charge on any atom is -0.487 e. The summed E-state index contributed by atoms with van der Waals surface area (Å²) >= 11 is 6.07. The quantitative estimate of drug-likeness (QED) is 0.421. The van der Waals surface area contributed by atoms with E-state index in [0.717, 1.165) is 22.4 Å². The normalized spacial score (nSPS) is 16.4. The van der Waals surface area contributed by atoms with Crippen LogP contribution in [0.2, 0.25) is 5.02 Å². The molecule has 7 heteroatoms. The minimum absolute atomic E-state index is 0.116. The number of ether oxygens (including phenoxy) is 1. The van der Waals surface area contributed by atoms with Gasteiger partial charge in [-0.05, 0) is 72.5 Å². The van der Waals surface area contributed by atoms with E-state index in [-0.39, 0.29) is 24.7 Å². The van der Waals surface area contributed by atoms with E-state index in [9.17, 15) is 14.0 Å². The van der Waals surface area contributed by atoms with Crippen LogP contribution in [0.1, 0.15) is 40.4 Å². The third-order valence-electron chi connectivity index (χ3n) is 6.16. The largest absolute Gasteiger partial charge is 0.487 e. The van der Waals surface area contributed by atoms with Gasteiger partial charge in [0.15, 0.2) is 0 Å². The number of carbonyl (C=O) groups is 2. The fourth-order valence-corrected chi connectivity index (χ4v) is 4.68. The van der Waals surface area contributed by atoms with Crippen molar-refractivity contribution < 1.29 is 23.8 Å². The average Bonchev–Trinajstić information content (AvgIpc) is 3.15. The molecule has 1 heterocycles. The van der Waals surface area contributed by atoms with Gasteiger partial charge in [-0.15, -0.1) is 0 Å². The van der Waals surface area contributed by atoms with Gasteiger partial charge in [-0.25, -0.2) is 4.39 Å². The molecule has 1 amide bonds. The van der Waals surface area contributed by atoms with Crippen LogP contribution in [0.3, 0.4) is 0 Å². The van der Waals surface area contributed by atoms with Gasteiger partial charge < -0.3 is 14.7 Å². The first kappa shape index (κ1) is 24.7. The lowest BCUT2D eigenvalue weighted by atomic mass is 9.91. The van der Waals surface area contributed by atoms with Crippen molar-refractivity contribution >= 4 is 23.5 Å². The van der Waals surface area contributed by atoms with Crippen LogP contribution in [0.15, 0.2) is 66.7 Å². The van der Waals surface area contributed by atoms with Gasteiger partial charge in [0.2, 0.25) is 0 Å². The van der Waals surface area contributed by atoms with Gasteiger partial charge >= 0.3 is 5.97 Å². The zero-order valence-electron chi connectivity index (χ0n) is 19.5. The number of carboxylic acid groups (broad SMARTS) is 1. The smallest absolute Gasteiger partial charge is 0.305 e. The molecule has 3 aromatic carbocycles. The molecule has 1 aliphatic rings. The molecule has 0 saturated heterocycles. The predicted molar refractivity (Wildman–Crippen MR) is 133 cm³/mol. The van der Waals surface area contributed by atoms with Crippen molar-refractivity contribution in [3.63, 3.8) is 0 Å². The molecule has 0 radical (unpaired) electrons. The summed E-state index contributed by atoms with van der Waals surface area (Å²) < 4.78 is 19.5. The van der Waals surface area contributed by atoms with Crippen LogP contribution >= 0.6 is 11.6 Å². The first-order valence-corrected chi connectivity index (χ1v) is 11.9. The first-order chi connectivity index (χ1) is 16.7. The van der Waals surface area contributed by atoms with Gasteiger partial charge in [0.25, 0.3) is 5.91 Å². The predicted octanol–water partition coefficient (Wildman–Crippen LogP) is 5.58. The Hall–Kier alpha value is -3.38. The zero-order valence-corrected chi connectivity index (χ0v) is 20.2. The number of aliphatic carboxylic acids is 1. The van der Waals surface area contributed by atoms with Crippen LogP contribution in [0.25, 0.3) is 0 Å². The molecular formula is C28H27ClFNO4. The van der Waals surface area contributed by atoms with Crippen molar-refractivity contribution in [3.8, 4) is 5.75 Å². The summed E-state index contributed by atoms with van der Waals surface area (Å²) in [6, 6.07) is 19.1. The Labute approximate surface area is 209 Å². The Kier molecular flexibility index (Phi) is 7.41. The number of hydrogen-bond donors (Lipinski definition) is 1. The average molecular weight is 496 g/mol. The van der Waals surface area contributed by atoms with Gasteiger partial charge in [-0.1, -0.05) is 35.9 Å². The monoisotopic (exact) mass is 495 g/mol. The molecule has 0 aromatic heterocycles. The molecule has 0 unspecified atom stereocenters. The van der Waals surface area contributed by atoms with E-state index in [2.05, 4.69) is 0 Å². The maximum Gasteiger partial charge on any atom is 0.305 e. The summed E-state index contributed by atoms with van der Waals surface area (Å²) in [5, 5.41) is 9.78. The van der Waals surface area contributed by atoms with Crippen molar-refractivity contribution in [3.05, 3.63) is 99.8 Å². The summed E-state index contributed by atoms with van der Waals surface area (Å²) in [6.07, 6.45) is 1.65. The summed E-state index contributed by atoms with van der Waals surface area (Å²) in [5.74, 6) is -0.727. The molecule has 5 nitrogen and oxygen atoms in total. The van der Waals surface area contributed by atoms with Crippen molar-refractivity contribution in [2.24, 2.45) is 0 Å². The van der Waals surface area contributed by atoms with Crippen LogP contribution < -0.4 is 4.74 Å². The summed E-state index contributed by atoms with van der Waals surface area (Å²) in [7, 11) is 0. The molecular weight excluding hydrogens is 469 g/mol.